The smallest absolute Gasteiger partial charge is 0.417 e. The van der Waals surface area contributed by atoms with Crippen LogP contribution in [0.5, 0.6) is 11.5 Å². The van der Waals surface area contributed by atoms with Gasteiger partial charge in [-0.3, -0.25) is 0 Å². The SMILES string of the molecule is CCCCOC(=O)c1ccc(Oc2ccc(C(=O)OCCCC)c(C(F)(F)F)c2)cc1. The van der Waals surface area contributed by atoms with Gasteiger partial charge < -0.3 is 14.2 Å². The van der Waals surface area contributed by atoms with E-state index in [9.17, 15) is 22.8 Å². The molecule has 0 aliphatic rings. The normalized spacial score (nSPS) is 11.1. The fraction of sp³-hybridized carbons (Fsp3) is 0.391. The van der Waals surface area contributed by atoms with Gasteiger partial charge in [0, 0.05) is 0 Å². The minimum Gasteiger partial charge on any atom is -0.462 e. The van der Waals surface area contributed by atoms with Gasteiger partial charge >= 0.3 is 18.1 Å². The predicted molar refractivity (Wildman–Crippen MR) is 108 cm³/mol. The largest absolute Gasteiger partial charge is 0.462 e. The molecule has 0 saturated heterocycles. The highest BCUT2D eigenvalue weighted by Crippen LogP contribution is 2.36. The summed E-state index contributed by atoms with van der Waals surface area (Å²) in [5, 5.41) is 0. The number of halogens is 3. The van der Waals surface area contributed by atoms with Crippen LogP contribution in [0.2, 0.25) is 0 Å². The first-order valence-electron chi connectivity index (χ1n) is 10.1. The van der Waals surface area contributed by atoms with Gasteiger partial charge in [0.15, 0.2) is 0 Å². The lowest BCUT2D eigenvalue weighted by molar-refractivity contribution is -0.138. The van der Waals surface area contributed by atoms with Crippen molar-refractivity contribution in [1.29, 1.82) is 0 Å². The zero-order valence-electron chi connectivity index (χ0n) is 17.5. The van der Waals surface area contributed by atoms with Gasteiger partial charge in [-0.1, -0.05) is 26.7 Å². The maximum atomic E-state index is 13.5. The van der Waals surface area contributed by atoms with Crippen LogP contribution in [0, 0.1) is 0 Å². The molecule has 8 heteroatoms. The molecule has 0 unspecified atom stereocenters. The number of esters is 2. The van der Waals surface area contributed by atoms with Crippen molar-refractivity contribution in [2.75, 3.05) is 13.2 Å². The number of carbonyl (C=O) groups is 2. The fourth-order valence-corrected chi connectivity index (χ4v) is 2.57. The first kappa shape index (κ1) is 24.2. The third-order valence-electron chi connectivity index (χ3n) is 4.30. The van der Waals surface area contributed by atoms with E-state index in [-0.39, 0.29) is 18.1 Å². The topological polar surface area (TPSA) is 61.8 Å². The number of alkyl halides is 3. The second kappa shape index (κ2) is 11.4. The summed E-state index contributed by atoms with van der Waals surface area (Å²) in [5.41, 5.74) is -1.40. The van der Waals surface area contributed by atoms with E-state index in [4.69, 9.17) is 14.2 Å². The number of unbranched alkanes of at least 4 members (excludes halogenated alkanes) is 2. The molecule has 0 aliphatic heterocycles. The van der Waals surface area contributed by atoms with Crippen LogP contribution in [0.3, 0.4) is 0 Å². The van der Waals surface area contributed by atoms with Crippen LogP contribution in [0.25, 0.3) is 0 Å². The third-order valence-corrected chi connectivity index (χ3v) is 4.30. The van der Waals surface area contributed by atoms with Crippen LogP contribution in [-0.2, 0) is 15.7 Å². The lowest BCUT2D eigenvalue weighted by Gasteiger charge is -2.14. The molecule has 2 aromatic rings. The van der Waals surface area contributed by atoms with E-state index in [0.29, 0.717) is 18.6 Å². The molecule has 31 heavy (non-hydrogen) atoms. The van der Waals surface area contributed by atoms with Crippen LogP contribution in [0.15, 0.2) is 42.5 Å². The molecule has 0 heterocycles. The number of carbonyl (C=O) groups excluding carboxylic acids is 2. The first-order chi connectivity index (χ1) is 14.8. The zero-order valence-corrected chi connectivity index (χ0v) is 17.5. The summed E-state index contributed by atoms with van der Waals surface area (Å²) in [6, 6.07) is 8.89. The van der Waals surface area contributed by atoms with Gasteiger partial charge in [-0.2, -0.15) is 13.2 Å². The Morgan fingerprint density at radius 3 is 1.90 bits per heavy atom. The molecule has 0 bridgehead atoms. The lowest BCUT2D eigenvalue weighted by atomic mass is 10.1. The van der Waals surface area contributed by atoms with E-state index >= 15 is 0 Å². The van der Waals surface area contributed by atoms with E-state index in [1.165, 1.54) is 30.3 Å². The van der Waals surface area contributed by atoms with Crippen molar-refractivity contribution < 1.29 is 37.0 Å². The Balaban J connectivity index is 2.14. The van der Waals surface area contributed by atoms with Crippen LogP contribution in [0.1, 0.15) is 65.8 Å². The van der Waals surface area contributed by atoms with Crippen molar-refractivity contribution in [3.63, 3.8) is 0 Å². The van der Waals surface area contributed by atoms with E-state index in [2.05, 4.69) is 0 Å². The highest BCUT2D eigenvalue weighted by atomic mass is 19.4. The van der Waals surface area contributed by atoms with E-state index in [1.807, 2.05) is 13.8 Å². The summed E-state index contributed by atoms with van der Waals surface area (Å²) in [7, 11) is 0. The summed E-state index contributed by atoms with van der Waals surface area (Å²) in [4.78, 5) is 24.0. The third kappa shape index (κ3) is 7.31. The molecular weight excluding hydrogens is 413 g/mol. The fourth-order valence-electron chi connectivity index (χ4n) is 2.57. The molecule has 2 aromatic carbocycles. The Morgan fingerprint density at radius 1 is 0.806 bits per heavy atom. The summed E-state index contributed by atoms with van der Waals surface area (Å²) in [6.07, 6.45) is -1.78. The quantitative estimate of drug-likeness (QED) is 0.317. The van der Waals surface area contributed by atoms with Gasteiger partial charge in [0.25, 0.3) is 0 Å². The van der Waals surface area contributed by atoms with E-state index in [0.717, 1.165) is 31.4 Å². The van der Waals surface area contributed by atoms with Crippen molar-refractivity contribution >= 4 is 11.9 Å². The maximum absolute atomic E-state index is 13.5. The van der Waals surface area contributed by atoms with Crippen molar-refractivity contribution in [3.8, 4) is 11.5 Å². The lowest BCUT2D eigenvalue weighted by Crippen LogP contribution is -2.15. The van der Waals surface area contributed by atoms with Crippen molar-refractivity contribution in [2.45, 2.75) is 45.7 Å². The predicted octanol–water partition coefficient (Wildman–Crippen LogP) is 6.41. The number of hydrogen-bond donors (Lipinski definition) is 0. The van der Waals surface area contributed by atoms with Gasteiger partial charge in [-0.05, 0) is 55.3 Å². The molecule has 0 aliphatic carbocycles. The van der Waals surface area contributed by atoms with Gasteiger partial charge in [0.05, 0.1) is 29.9 Å². The standard InChI is InChI=1S/C23H25F3O5/c1-3-5-13-29-21(27)16-7-9-17(10-8-16)31-18-11-12-19(20(15-18)23(24,25)26)22(28)30-14-6-4-2/h7-12,15H,3-6,13-14H2,1-2H3. The van der Waals surface area contributed by atoms with E-state index in [1.54, 1.807) is 0 Å². The van der Waals surface area contributed by atoms with Crippen LogP contribution < -0.4 is 4.74 Å². The van der Waals surface area contributed by atoms with Gasteiger partial charge in [-0.25, -0.2) is 9.59 Å². The van der Waals surface area contributed by atoms with Crippen LogP contribution >= 0.6 is 0 Å². The summed E-state index contributed by atoms with van der Waals surface area (Å²) >= 11 is 0. The molecule has 2 rings (SSSR count). The van der Waals surface area contributed by atoms with Gasteiger partial charge in [0.2, 0.25) is 0 Å². The Labute approximate surface area is 179 Å². The Bertz CT molecular complexity index is 876. The number of ether oxygens (including phenoxy) is 3. The number of benzene rings is 2. The summed E-state index contributed by atoms with van der Waals surface area (Å²) in [5.74, 6) is -1.38. The average Bonchev–Trinajstić information content (AvgIpc) is 2.74. The van der Waals surface area contributed by atoms with Gasteiger partial charge in [-0.15, -0.1) is 0 Å². The minimum atomic E-state index is -4.76. The Kier molecular flexibility index (Phi) is 8.90. The summed E-state index contributed by atoms with van der Waals surface area (Å²) in [6.45, 7) is 4.23. The van der Waals surface area contributed by atoms with Crippen molar-refractivity contribution in [2.24, 2.45) is 0 Å². The average molecular weight is 438 g/mol. The van der Waals surface area contributed by atoms with Crippen molar-refractivity contribution in [3.05, 3.63) is 59.2 Å². The number of hydrogen-bond acceptors (Lipinski definition) is 5. The molecule has 168 valence electrons. The zero-order chi connectivity index (χ0) is 22.9. The monoisotopic (exact) mass is 438 g/mol. The van der Waals surface area contributed by atoms with Crippen molar-refractivity contribution in [1.82, 2.24) is 0 Å². The molecule has 0 atom stereocenters. The highest BCUT2D eigenvalue weighted by molar-refractivity contribution is 5.91. The maximum Gasteiger partial charge on any atom is 0.417 e. The molecule has 0 N–H and O–H groups in total. The molecule has 5 nitrogen and oxygen atoms in total. The number of rotatable bonds is 10. The van der Waals surface area contributed by atoms with E-state index < -0.39 is 29.2 Å². The second-order valence-electron chi connectivity index (χ2n) is 6.81. The highest BCUT2D eigenvalue weighted by Gasteiger charge is 2.36. The van der Waals surface area contributed by atoms with Gasteiger partial charge in [0.1, 0.15) is 11.5 Å². The summed E-state index contributed by atoms with van der Waals surface area (Å²) < 4.78 is 55.9. The Hall–Kier alpha value is -3.03. The molecule has 0 fully saturated rings. The minimum absolute atomic E-state index is 0.0537. The second-order valence-corrected chi connectivity index (χ2v) is 6.81. The molecular formula is C23H25F3O5. The van der Waals surface area contributed by atoms with Crippen LogP contribution in [0.4, 0.5) is 13.2 Å². The molecule has 0 spiro atoms. The molecule has 0 aromatic heterocycles. The first-order valence-corrected chi connectivity index (χ1v) is 10.1. The van der Waals surface area contributed by atoms with Crippen LogP contribution in [-0.4, -0.2) is 25.2 Å². The molecule has 0 saturated carbocycles. The Morgan fingerprint density at radius 2 is 1.35 bits per heavy atom. The molecule has 0 radical (unpaired) electrons. The molecule has 0 amide bonds.